The summed E-state index contributed by atoms with van der Waals surface area (Å²) >= 11 is 1.37. The van der Waals surface area contributed by atoms with E-state index in [1.165, 1.54) is 17.7 Å². The molecule has 2 aromatic heterocycles. The zero-order chi connectivity index (χ0) is 14.7. The van der Waals surface area contributed by atoms with Gasteiger partial charge in [-0.15, -0.1) is 5.10 Å². The Kier molecular flexibility index (Phi) is 4.07. The average molecular weight is 304 g/mol. The number of hydrogen-bond donors (Lipinski definition) is 1. The number of nitrogens with zero attached hydrogens (tertiary/aromatic N) is 5. The van der Waals surface area contributed by atoms with E-state index in [1.54, 1.807) is 6.20 Å². The van der Waals surface area contributed by atoms with Crippen LogP contribution in [0.15, 0.2) is 23.8 Å². The predicted molar refractivity (Wildman–Crippen MR) is 80.2 cm³/mol. The van der Waals surface area contributed by atoms with Gasteiger partial charge in [-0.25, -0.2) is 0 Å². The molecule has 0 aliphatic carbocycles. The molecule has 3 heterocycles. The zero-order valence-corrected chi connectivity index (χ0v) is 12.3. The predicted octanol–water partition coefficient (Wildman–Crippen LogP) is 0.354. The molecule has 0 unspecified atom stereocenters. The standard InChI is InChI=1S/C13H16N6OS/c14-13(20)11-7-15-2-1-12(11)19-5-3-18(4-6-19)8-10-9-21-17-16-10/h1-2,7,9H,3-6,8H2,(H2,14,20). The summed E-state index contributed by atoms with van der Waals surface area (Å²) in [6.07, 6.45) is 3.22. The van der Waals surface area contributed by atoms with Gasteiger partial charge in [0.05, 0.1) is 16.9 Å². The normalized spacial score (nSPS) is 16.1. The van der Waals surface area contributed by atoms with E-state index >= 15 is 0 Å². The molecule has 0 radical (unpaired) electrons. The first-order chi connectivity index (χ1) is 10.2. The van der Waals surface area contributed by atoms with Crippen LogP contribution in [0.1, 0.15) is 16.1 Å². The van der Waals surface area contributed by atoms with Crippen LogP contribution in [0.2, 0.25) is 0 Å². The molecule has 2 aromatic rings. The zero-order valence-electron chi connectivity index (χ0n) is 11.5. The lowest BCUT2D eigenvalue weighted by molar-refractivity contribution is 0.1000. The van der Waals surface area contributed by atoms with Crippen molar-refractivity contribution >= 4 is 23.1 Å². The number of nitrogens with two attached hydrogens (primary N) is 1. The summed E-state index contributed by atoms with van der Waals surface area (Å²) in [4.78, 5) is 20.0. The molecule has 3 rings (SSSR count). The number of rotatable bonds is 4. The van der Waals surface area contributed by atoms with E-state index in [0.717, 1.165) is 44.1 Å². The Balaban J connectivity index is 1.64. The molecule has 0 atom stereocenters. The minimum Gasteiger partial charge on any atom is -0.368 e. The molecule has 0 aromatic carbocycles. The van der Waals surface area contributed by atoms with Crippen LogP contribution in [0.25, 0.3) is 0 Å². The maximum Gasteiger partial charge on any atom is 0.252 e. The second-order valence-electron chi connectivity index (χ2n) is 4.92. The van der Waals surface area contributed by atoms with E-state index in [2.05, 4.69) is 24.4 Å². The maximum atomic E-state index is 11.5. The highest BCUT2D eigenvalue weighted by atomic mass is 32.1. The second-order valence-corrected chi connectivity index (χ2v) is 5.53. The molecular weight excluding hydrogens is 288 g/mol. The number of hydrogen-bond acceptors (Lipinski definition) is 7. The van der Waals surface area contributed by atoms with E-state index in [9.17, 15) is 4.79 Å². The Morgan fingerprint density at radius 2 is 2.14 bits per heavy atom. The van der Waals surface area contributed by atoms with Gasteiger partial charge in [-0.2, -0.15) is 0 Å². The van der Waals surface area contributed by atoms with Crippen molar-refractivity contribution in [3.8, 4) is 0 Å². The number of carbonyl (C=O) groups excluding carboxylic acids is 1. The lowest BCUT2D eigenvalue weighted by atomic mass is 10.2. The molecule has 110 valence electrons. The third-order valence-corrected chi connectivity index (χ3v) is 4.12. The third-order valence-electron chi connectivity index (χ3n) is 3.57. The molecular formula is C13H16N6OS. The van der Waals surface area contributed by atoms with Crippen molar-refractivity contribution in [2.24, 2.45) is 5.73 Å². The monoisotopic (exact) mass is 304 g/mol. The molecule has 0 bridgehead atoms. The Morgan fingerprint density at radius 1 is 1.33 bits per heavy atom. The van der Waals surface area contributed by atoms with Gasteiger partial charge in [0.2, 0.25) is 0 Å². The SMILES string of the molecule is NC(=O)c1cnccc1N1CCN(Cc2csnn2)CC1. The largest absolute Gasteiger partial charge is 0.368 e. The highest BCUT2D eigenvalue weighted by Gasteiger charge is 2.21. The van der Waals surface area contributed by atoms with Crippen molar-refractivity contribution in [3.63, 3.8) is 0 Å². The maximum absolute atomic E-state index is 11.5. The van der Waals surface area contributed by atoms with E-state index in [-0.39, 0.29) is 0 Å². The van der Waals surface area contributed by atoms with Gasteiger partial charge in [-0.05, 0) is 17.6 Å². The van der Waals surface area contributed by atoms with Crippen LogP contribution in [-0.2, 0) is 6.54 Å². The number of carbonyl (C=O) groups is 1. The average Bonchev–Trinajstić information content (AvgIpc) is 3.01. The van der Waals surface area contributed by atoms with Crippen LogP contribution in [0.5, 0.6) is 0 Å². The fourth-order valence-corrected chi connectivity index (χ4v) is 2.92. The van der Waals surface area contributed by atoms with Crippen LogP contribution in [0, 0.1) is 0 Å². The number of anilines is 1. The summed E-state index contributed by atoms with van der Waals surface area (Å²) in [5.74, 6) is -0.436. The molecule has 8 heteroatoms. The van der Waals surface area contributed by atoms with Crippen molar-refractivity contribution in [3.05, 3.63) is 35.1 Å². The van der Waals surface area contributed by atoms with Crippen molar-refractivity contribution in [2.45, 2.75) is 6.54 Å². The van der Waals surface area contributed by atoms with Crippen molar-refractivity contribution in [1.29, 1.82) is 0 Å². The summed E-state index contributed by atoms with van der Waals surface area (Å²) < 4.78 is 3.88. The number of primary amides is 1. The van der Waals surface area contributed by atoms with Gasteiger partial charge in [0, 0.05) is 50.5 Å². The first-order valence-corrected chi connectivity index (χ1v) is 7.55. The molecule has 7 nitrogen and oxygen atoms in total. The molecule has 0 spiro atoms. The summed E-state index contributed by atoms with van der Waals surface area (Å²) in [7, 11) is 0. The van der Waals surface area contributed by atoms with Gasteiger partial charge >= 0.3 is 0 Å². The molecule has 1 saturated heterocycles. The summed E-state index contributed by atoms with van der Waals surface area (Å²) in [6.45, 7) is 4.35. The lowest BCUT2D eigenvalue weighted by Gasteiger charge is -2.36. The minimum absolute atomic E-state index is 0.436. The number of pyridine rings is 1. The van der Waals surface area contributed by atoms with Gasteiger partial charge in [-0.1, -0.05) is 4.49 Å². The summed E-state index contributed by atoms with van der Waals surface area (Å²) in [5.41, 5.74) is 7.77. The molecule has 21 heavy (non-hydrogen) atoms. The summed E-state index contributed by atoms with van der Waals surface area (Å²) in [5, 5.41) is 6.04. The third kappa shape index (κ3) is 3.17. The van der Waals surface area contributed by atoms with Crippen molar-refractivity contribution in [1.82, 2.24) is 19.5 Å². The van der Waals surface area contributed by atoms with Crippen molar-refractivity contribution in [2.75, 3.05) is 31.1 Å². The minimum atomic E-state index is -0.436. The van der Waals surface area contributed by atoms with Gasteiger partial charge in [0.15, 0.2) is 0 Å². The Hall–Kier alpha value is -2.06. The molecule has 2 N–H and O–H groups in total. The first kappa shape index (κ1) is 13.9. The topological polar surface area (TPSA) is 88.2 Å². The molecule has 1 fully saturated rings. The van der Waals surface area contributed by atoms with E-state index in [4.69, 9.17) is 5.73 Å². The second kappa shape index (κ2) is 6.15. The van der Waals surface area contributed by atoms with Gasteiger partial charge in [0.25, 0.3) is 5.91 Å². The number of amides is 1. The molecule has 1 aliphatic rings. The van der Waals surface area contributed by atoms with Gasteiger partial charge < -0.3 is 10.6 Å². The smallest absolute Gasteiger partial charge is 0.252 e. The van der Waals surface area contributed by atoms with Crippen molar-refractivity contribution < 1.29 is 4.79 Å². The summed E-state index contributed by atoms with van der Waals surface area (Å²) in [6, 6.07) is 1.85. The fraction of sp³-hybridized carbons (Fsp3) is 0.385. The Morgan fingerprint density at radius 3 is 2.81 bits per heavy atom. The number of aromatic nitrogens is 3. The molecule has 1 amide bonds. The quantitative estimate of drug-likeness (QED) is 0.877. The van der Waals surface area contributed by atoms with E-state index < -0.39 is 5.91 Å². The van der Waals surface area contributed by atoms with Crippen LogP contribution in [0.3, 0.4) is 0 Å². The number of piperazine rings is 1. The van der Waals surface area contributed by atoms with Crippen LogP contribution in [-0.4, -0.2) is 51.6 Å². The molecule has 0 saturated carbocycles. The van der Waals surface area contributed by atoms with Crippen LogP contribution in [0.4, 0.5) is 5.69 Å². The molecule has 1 aliphatic heterocycles. The van der Waals surface area contributed by atoms with Gasteiger partial charge in [-0.3, -0.25) is 14.7 Å². The highest BCUT2D eigenvalue weighted by Crippen LogP contribution is 2.21. The first-order valence-electron chi connectivity index (χ1n) is 6.71. The van der Waals surface area contributed by atoms with E-state index in [1.807, 2.05) is 11.4 Å². The fourth-order valence-electron chi connectivity index (χ4n) is 2.48. The van der Waals surface area contributed by atoms with Gasteiger partial charge in [0.1, 0.15) is 0 Å². The Labute approximate surface area is 126 Å². The van der Waals surface area contributed by atoms with Crippen LogP contribution >= 0.6 is 11.5 Å². The highest BCUT2D eigenvalue weighted by molar-refractivity contribution is 7.03. The van der Waals surface area contributed by atoms with Crippen LogP contribution < -0.4 is 10.6 Å². The lowest BCUT2D eigenvalue weighted by Crippen LogP contribution is -2.46. The Bertz CT molecular complexity index is 609. The van der Waals surface area contributed by atoms with E-state index in [0.29, 0.717) is 5.56 Å².